The lowest BCUT2D eigenvalue weighted by molar-refractivity contribution is -0.386. The number of alkyl halides is 2. The summed E-state index contributed by atoms with van der Waals surface area (Å²) < 4.78 is 28.5. The van der Waals surface area contributed by atoms with Crippen molar-refractivity contribution >= 4 is 11.7 Å². The Morgan fingerprint density at radius 3 is 2.47 bits per heavy atom. The van der Waals surface area contributed by atoms with Crippen molar-refractivity contribution in [2.75, 3.05) is 0 Å². The van der Waals surface area contributed by atoms with E-state index in [1.807, 2.05) is 0 Å². The van der Waals surface area contributed by atoms with Crippen LogP contribution in [0.25, 0.3) is 0 Å². The smallest absolute Gasteiger partial charge is 0.387 e. The fraction of sp³-hybridized carbons (Fsp3) is 0.300. The molecule has 1 unspecified atom stereocenters. The summed E-state index contributed by atoms with van der Waals surface area (Å²) in [6.45, 7) is -2.08. The molecule has 1 atom stereocenters. The number of aliphatic hydroxyl groups is 1. The van der Waals surface area contributed by atoms with Crippen molar-refractivity contribution in [1.29, 1.82) is 0 Å². The van der Waals surface area contributed by atoms with Gasteiger partial charge in [0.25, 0.3) is 0 Å². The molecule has 0 bridgehead atoms. The van der Waals surface area contributed by atoms with Crippen LogP contribution >= 0.6 is 0 Å². The number of rotatable bonds is 5. The van der Waals surface area contributed by atoms with Crippen LogP contribution in [-0.2, 0) is 4.79 Å². The molecule has 0 amide bonds. The second-order valence-corrected chi connectivity index (χ2v) is 3.52. The van der Waals surface area contributed by atoms with Gasteiger partial charge in [0, 0.05) is 11.6 Å². The molecular weight excluding hydrogens is 268 g/mol. The Morgan fingerprint density at radius 2 is 2.05 bits per heavy atom. The fourth-order valence-corrected chi connectivity index (χ4v) is 1.51. The standard InChI is InChI=1S/C10H9F2NO6/c1-4-2-3-5(13(17)18)8(19-10(11)12)6(4)7(14)9(15)16/h2-3,7,10,14H,1H3,(H,15,16). The molecule has 1 aromatic rings. The van der Waals surface area contributed by atoms with Crippen molar-refractivity contribution in [2.24, 2.45) is 0 Å². The third kappa shape index (κ3) is 3.13. The fourth-order valence-electron chi connectivity index (χ4n) is 1.51. The van der Waals surface area contributed by atoms with Gasteiger partial charge in [0.05, 0.1) is 4.92 Å². The van der Waals surface area contributed by atoms with Crippen LogP contribution in [0.5, 0.6) is 5.75 Å². The first-order valence-corrected chi connectivity index (χ1v) is 4.89. The third-order valence-electron chi connectivity index (χ3n) is 2.30. The quantitative estimate of drug-likeness (QED) is 0.625. The number of hydrogen-bond acceptors (Lipinski definition) is 5. The summed E-state index contributed by atoms with van der Waals surface area (Å²) in [5, 5.41) is 28.8. The lowest BCUT2D eigenvalue weighted by Crippen LogP contribution is -2.16. The van der Waals surface area contributed by atoms with E-state index < -0.39 is 40.6 Å². The molecule has 0 aromatic heterocycles. The van der Waals surface area contributed by atoms with Gasteiger partial charge in [-0.3, -0.25) is 10.1 Å². The third-order valence-corrected chi connectivity index (χ3v) is 2.30. The largest absolute Gasteiger partial charge is 0.479 e. The summed E-state index contributed by atoms with van der Waals surface area (Å²) in [5.41, 5.74) is -1.33. The summed E-state index contributed by atoms with van der Waals surface area (Å²) in [4.78, 5) is 20.4. The summed E-state index contributed by atoms with van der Waals surface area (Å²) in [6, 6.07) is 2.03. The molecule has 0 aliphatic heterocycles. The summed E-state index contributed by atoms with van der Waals surface area (Å²) >= 11 is 0. The van der Waals surface area contributed by atoms with Gasteiger partial charge >= 0.3 is 18.3 Å². The normalized spacial score (nSPS) is 12.3. The van der Waals surface area contributed by atoms with Gasteiger partial charge < -0.3 is 14.9 Å². The Bertz CT molecular complexity index is 519. The van der Waals surface area contributed by atoms with Crippen LogP contribution in [0.15, 0.2) is 12.1 Å². The van der Waals surface area contributed by atoms with Crippen LogP contribution in [0.1, 0.15) is 17.2 Å². The molecule has 0 saturated heterocycles. The van der Waals surface area contributed by atoms with E-state index in [4.69, 9.17) is 5.11 Å². The molecule has 0 aliphatic rings. The number of nitro groups is 1. The van der Waals surface area contributed by atoms with Gasteiger partial charge in [-0.25, -0.2) is 4.79 Å². The van der Waals surface area contributed by atoms with Crippen molar-refractivity contribution in [3.63, 3.8) is 0 Å². The van der Waals surface area contributed by atoms with Gasteiger partial charge in [-0.2, -0.15) is 8.78 Å². The highest BCUT2D eigenvalue weighted by atomic mass is 19.3. The Labute approximate surface area is 105 Å². The number of hydrogen-bond donors (Lipinski definition) is 2. The number of carboxylic acids is 1. The van der Waals surface area contributed by atoms with E-state index in [0.29, 0.717) is 0 Å². The lowest BCUT2D eigenvalue weighted by atomic mass is 10.0. The van der Waals surface area contributed by atoms with E-state index >= 15 is 0 Å². The number of halogens is 2. The van der Waals surface area contributed by atoms with E-state index in [9.17, 15) is 28.8 Å². The summed E-state index contributed by atoms with van der Waals surface area (Å²) in [6.07, 6.45) is -2.20. The minimum Gasteiger partial charge on any atom is -0.479 e. The highest BCUT2D eigenvalue weighted by Crippen LogP contribution is 2.38. The summed E-state index contributed by atoms with van der Waals surface area (Å²) in [7, 11) is 0. The average molecular weight is 277 g/mol. The van der Waals surface area contributed by atoms with Gasteiger partial charge in [-0.15, -0.1) is 0 Å². The molecule has 7 nitrogen and oxygen atoms in total. The van der Waals surface area contributed by atoms with E-state index in [0.717, 1.165) is 12.1 Å². The molecule has 0 heterocycles. The number of benzene rings is 1. The number of nitro benzene ring substituents is 1. The first-order chi connectivity index (χ1) is 8.75. The molecular formula is C10H9F2NO6. The predicted octanol–water partition coefficient (Wildman–Crippen LogP) is 1.62. The van der Waals surface area contributed by atoms with Crippen LogP contribution in [0.4, 0.5) is 14.5 Å². The Balaban J connectivity index is 3.52. The van der Waals surface area contributed by atoms with Gasteiger partial charge in [-0.05, 0) is 12.5 Å². The lowest BCUT2D eigenvalue weighted by Gasteiger charge is -2.15. The van der Waals surface area contributed by atoms with E-state index in [1.54, 1.807) is 0 Å². The molecule has 104 valence electrons. The van der Waals surface area contributed by atoms with E-state index in [-0.39, 0.29) is 5.56 Å². The van der Waals surface area contributed by atoms with Crippen molar-refractivity contribution < 1.29 is 33.4 Å². The number of aliphatic carboxylic acids is 1. The van der Waals surface area contributed by atoms with E-state index in [2.05, 4.69) is 4.74 Å². The van der Waals surface area contributed by atoms with Crippen molar-refractivity contribution in [1.82, 2.24) is 0 Å². The Kier molecular flexibility index (Phi) is 4.33. The van der Waals surface area contributed by atoms with Gasteiger partial charge in [-0.1, -0.05) is 6.07 Å². The minimum absolute atomic E-state index is 0.0798. The number of ether oxygens (including phenoxy) is 1. The second-order valence-electron chi connectivity index (χ2n) is 3.52. The Morgan fingerprint density at radius 1 is 1.47 bits per heavy atom. The number of aryl methyl sites for hydroxylation is 1. The molecule has 0 saturated carbocycles. The number of nitrogens with zero attached hydrogens (tertiary/aromatic N) is 1. The number of carbonyl (C=O) groups is 1. The van der Waals surface area contributed by atoms with Crippen LogP contribution in [0, 0.1) is 17.0 Å². The first-order valence-electron chi connectivity index (χ1n) is 4.89. The molecule has 1 aromatic carbocycles. The molecule has 0 spiro atoms. The molecule has 1 rings (SSSR count). The maximum atomic E-state index is 12.3. The average Bonchev–Trinajstić information content (AvgIpc) is 2.27. The van der Waals surface area contributed by atoms with E-state index in [1.165, 1.54) is 6.92 Å². The maximum Gasteiger partial charge on any atom is 0.387 e. The molecule has 0 fully saturated rings. The van der Waals surface area contributed by atoms with Crippen LogP contribution in [0.2, 0.25) is 0 Å². The summed E-state index contributed by atoms with van der Waals surface area (Å²) in [5.74, 6) is -2.68. The van der Waals surface area contributed by atoms with Gasteiger partial charge in [0.1, 0.15) is 0 Å². The number of aliphatic hydroxyl groups excluding tert-OH is 1. The minimum atomic E-state index is -3.39. The van der Waals surface area contributed by atoms with Crippen LogP contribution in [-0.4, -0.2) is 27.7 Å². The second kappa shape index (κ2) is 5.57. The maximum absolute atomic E-state index is 12.3. The predicted molar refractivity (Wildman–Crippen MR) is 57.1 cm³/mol. The first kappa shape index (κ1) is 14.8. The van der Waals surface area contributed by atoms with Crippen molar-refractivity contribution in [3.05, 3.63) is 33.4 Å². The number of carboxylic acid groups (broad SMARTS) is 1. The highest BCUT2D eigenvalue weighted by Gasteiger charge is 2.30. The molecule has 0 radical (unpaired) electrons. The zero-order valence-corrected chi connectivity index (χ0v) is 9.54. The monoisotopic (exact) mass is 277 g/mol. The molecule has 19 heavy (non-hydrogen) atoms. The van der Waals surface area contributed by atoms with Crippen LogP contribution in [0.3, 0.4) is 0 Å². The Hall–Kier alpha value is -2.29. The molecule has 0 aliphatic carbocycles. The molecule has 2 N–H and O–H groups in total. The topological polar surface area (TPSA) is 110 Å². The highest BCUT2D eigenvalue weighted by molar-refractivity contribution is 5.77. The van der Waals surface area contributed by atoms with Crippen molar-refractivity contribution in [2.45, 2.75) is 19.6 Å². The SMILES string of the molecule is Cc1ccc([N+](=O)[O-])c(OC(F)F)c1C(O)C(=O)O. The molecule has 9 heteroatoms. The van der Waals surface area contributed by atoms with Crippen molar-refractivity contribution in [3.8, 4) is 5.75 Å². The zero-order chi connectivity index (χ0) is 14.7. The zero-order valence-electron chi connectivity index (χ0n) is 9.54. The van der Waals surface area contributed by atoms with Crippen LogP contribution < -0.4 is 4.74 Å². The van der Waals surface area contributed by atoms with Gasteiger partial charge in [0.15, 0.2) is 6.10 Å². The van der Waals surface area contributed by atoms with Gasteiger partial charge in [0.2, 0.25) is 5.75 Å².